The number of hydrogen-bond donors (Lipinski definition) is 0. The molecule has 0 aromatic carbocycles. The van der Waals surface area contributed by atoms with Crippen molar-refractivity contribution in [3.63, 3.8) is 0 Å². The number of hydrogen-bond acceptors (Lipinski definition) is 2. The van der Waals surface area contributed by atoms with Gasteiger partial charge in [-0.1, -0.05) is 5.57 Å². The van der Waals surface area contributed by atoms with Gasteiger partial charge in [0.1, 0.15) is 0 Å². The zero-order chi connectivity index (χ0) is 12.0. The molecule has 0 unspecified atom stereocenters. The fraction of sp³-hybridized carbons (Fsp3) is 0.833. The van der Waals surface area contributed by atoms with E-state index in [0.717, 1.165) is 0 Å². The van der Waals surface area contributed by atoms with Crippen LogP contribution < -0.4 is 0 Å². The molecule has 2 heteroatoms. The summed E-state index contributed by atoms with van der Waals surface area (Å²) in [6, 6.07) is 0. The molecule has 0 saturated carbocycles. The first-order valence-electron chi connectivity index (χ1n) is 4.93. The molecule has 0 rings (SSSR count). The third kappa shape index (κ3) is 29.9. The van der Waals surface area contributed by atoms with Crippen LogP contribution in [-0.2, 0) is 9.78 Å². The van der Waals surface area contributed by atoms with Gasteiger partial charge in [-0.15, -0.1) is 6.58 Å². The summed E-state index contributed by atoms with van der Waals surface area (Å²) >= 11 is 0. The van der Waals surface area contributed by atoms with Crippen molar-refractivity contribution in [3.8, 4) is 0 Å². The highest BCUT2D eigenvalue weighted by Crippen LogP contribution is 2.14. The summed E-state index contributed by atoms with van der Waals surface area (Å²) in [7, 11) is 0. The first kappa shape index (κ1) is 16.1. The molecule has 86 valence electrons. The van der Waals surface area contributed by atoms with E-state index in [-0.39, 0.29) is 11.2 Å². The molecule has 0 atom stereocenters. The van der Waals surface area contributed by atoms with Crippen molar-refractivity contribution in [1.29, 1.82) is 0 Å². The Bertz CT molecular complexity index is 140. The standard InChI is InChI=1S/C8H18O2.C4H8/c1-7(2,3)9-10-8(4,5)6;1-4(2)3/h1-6H3;1H2,2-3H3. The van der Waals surface area contributed by atoms with E-state index in [4.69, 9.17) is 9.78 Å². The van der Waals surface area contributed by atoms with E-state index < -0.39 is 0 Å². The molecule has 0 N–H and O–H groups in total. The predicted octanol–water partition coefficient (Wildman–Crippen LogP) is 4.11. The Hall–Kier alpha value is -0.340. The normalized spacial score (nSPS) is 11.7. The third-order valence-electron chi connectivity index (χ3n) is 0.542. The minimum Gasteiger partial charge on any atom is -0.230 e. The minimum absolute atomic E-state index is 0.215. The largest absolute Gasteiger partial charge is 0.230 e. The van der Waals surface area contributed by atoms with Crippen LogP contribution >= 0.6 is 0 Å². The average molecular weight is 202 g/mol. The molecule has 0 radical (unpaired) electrons. The van der Waals surface area contributed by atoms with Crippen molar-refractivity contribution < 1.29 is 9.78 Å². The topological polar surface area (TPSA) is 18.5 Å². The molecule has 0 saturated heterocycles. The maximum absolute atomic E-state index is 5.09. The second-order valence-corrected chi connectivity index (χ2v) is 5.60. The quantitative estimate of drug-likeness (QED) is 0.362. The lowest BCUT2D eigenvalue weighted by Gasteiger charge is -2.24. The molecule has 0 aliphatic carbocycles. The Morgan fingerprint density at radius 2 is 0.929 bits per heavy atom. The fourth-order valence-electron chi connectivity index (χ4n) is 0.250. The molecule has 2 nitrogen and oxygen atoms in total. The van der Waals surface area contributed by atoms with Crippen LogP contribution in [0.3, 0.4) is 0 Å². The molecule has 0 amide bonds. The Morgan fingerprint density at radius 1 is 0.786 bits per heavy atom. The van der Waals surface area contributed by atoms with Gasteiger partial charge in [-0.25, -0.2) is 9.78 Å². The predicted molar refractivity (Wildman–Crippen MR) is 62.2 cm³/mol. The Morgan fingerprint density at radius 3 is 1.00 bits per heavy atom. The van der Waals surface area contributed by atoms with E-state index in [1.54, 1.807) is 0 Å². The molecule has 0 aliphatic rings. The lowest BCUT2D eigenvalue weighted by molar-refractivity contribution is -0.393. The van der Waals surface area contributed by atoms with Crippen molar-refractivity contribution in [2.24, 2.45) is 0 Å². The second-order valence-electron chi connectivity index (χ2n) is 5.60. The highest BCUT2D eigenvalue weighted by Gasteiger charge is 2.18. The van der Waals surface area contributed by atoms with E-state index in [9.17, 15) is 0 Å². The molecule has 0 aromatic rings. The molecule has 14 heavy (non-hydrogen) atoms. The van der Waals surface area contributed by atoms with Crippen LogP contribution in [0.4, 0.5) is 0 Å². The van der Waals surface area contributed by atoms with Crippen molar-refractivity contribution in [2.45, 2.75) is 66.6 Å². The molecule has 0 heterocycles. The number of allylic oxidation sites excluding steroid dienone is 1. The van der Waals surface area contributed by atoms with Crippen molar-refractivity contribution >= 4 is 0 Å². The van der Waals surface area contributed by atoms with Gasteiger partial charge in [0, 0.05) is 0 Å². The maximum Gasteiger partial charge on any atom is 0.0952 e. The summed E-state index contributed by atoms with van der Waals surface area (Å²) in [4.78, 5) is 10.2. The summed E-state index contributed by atoms with van der Waals surface area (Å²) in [6.45, 7) is 19.2. The molecular formula is C12H26O2. The van der Waals surface area contributed by atoms with Gasteiger partial charge in [-0.05, 0) is 55.4 Å². The van der Waals surface area contributed by atoms with Crippen LogP contribution in [0.1, 0.15) is 55.4 Å². The van der Waals surface area contributed by atoms with Gasteiger partial charge >= 0.3 is 0 Å². The van der Waals surface area contributed by atoms with E-state index in [2.05, 4.69) is 6.58 Å². The van der Waals surface area contributed by atoms with Gasteiger partial charge in [-0.2, -0.15) is 0 Å². The van der Waals surface area contributed by atoms with Gasteiger partial charge < -0.3 is 0 Å². The van der Waals surface area contributed by atoms with Crippen LogP contribution in [0.5, 0.6) is 0 Å². The molecule has 0 aromatic heterocycles. The summed E-state index contributed by atoms with van der Waals surface area (Å²) in [5, 5.41) is 0. The van der Waals surface area contributed by atoms with Gasteiger partial charge in [0.25, 0.3) is 0 Å². The summed E-state index contributed by atoms with van der Waals surface area (Å²) in [5.41, 5.74) is 0.737. The minimum atomic E-state index is -0.215. The Kier molecular flexibility index (Phi) is 7.13. The van der Waals surface area contributed by atoms with E-state index in [1.165, 1.54) is 5.57 Å². The third-order valence-corrected chi connectivity index (χ3v) is 0.542. The average Bonchev–Trinajstić information content (AvgIpc) is 1.79. The van der Waals surface area contributed by atoms with Crippen LogP contribution in [0, 0.1) is 0 Å². The molecule has 0 fully saturated rings. The van der Waals surface area contributed by atoms with E-state index in [1.807, 2.05) is 55.4 Å². The van der Waals surface area contributed by atoms with Gasteiger partial charge in [-0.3, -0.25) is 0 Å². The number of rotatable bonds is 1. The lowest BCUT2D eigenvalue weighted by atomic mass is 10.2. The molecular weight excluding hydrogens is 176 g/mol. The second kappa shape index (κ2) is 6.20. The zero-order valence-electron chi connectivity index (χ0n) is 11.0. The van der Waals surface area contributed by atoms with E-state index >= 15 is 0 Å². The van der Waals surface area contributed by atoms with E-state index in [0.29, 0.717) is 0 Å². The molecule has 0 aliphatic heterocycles. The Labute approximate surface area is 89.2 Å². The maximum atomic E-state index is 5.09. The smallest absolute Gasteiger partial charge is 0.0952 e. The summed E-state index contributed by atoms with van der Waals surface area (Å²) in [5.74, 6) is 0. The highest BCUT2D eigenvalue weighted by atomic mass is 17.2. The zero-order valence-corrected chi connectivity index (χ0v) is 11.0. The highest BCUT2D eigenvalue weighted by molar-refractivity contribution is 4.78. The lowest BCUT2D eigenvalue weighted by Crippen LogP contribution is -2.27. The van der Waals surface area contributed by atoms with Crippen molar-refractivity contribution in [3.05, 3.63) is 12.2 Å². The monoisotopic (exact) mass is 202 g/mol. The summed E-state index contributed by atoms with van der Waals surface area (Å²) < 4.78 is 0. The van der Waals surface area contributed by atoms with Crippen molar-refractivity contribution in [2.75, 3.05) is 0 Å². The van der Waals surface area contributed by atoms with Gasteiger partial charge in [0.05, 0.1) is 11.2 Å². The fourth-order valence-corrected chi connectivity index (χ4v) is 0.250. The van der Waals surface area contributed by atoms with Gasteiger partial charge in [0.15, 0.2) is 0 Å². The molecule has 0 spiro atoms. The van der Waals surface area contributed by atoms with Crippen LogP contribution in [0.2, 0.25) is 0 Å². The Balaban J connectivity index is 0. The summed E-state index contributed by atoms with van der Waals surface area (Å²) in [6.07, 6.45) is 0. The SMILES string of the molecule is C=C(C)C.CC(C)(C)OOC(C)(C)C. The van der Waals surface area contributed by atoms with Crippen LogP contribution in [-0.4, -0.2) is 11.2 Å². The van der Waals surface area contributed by atoms with Crippen molar-refractivity contribution in [1.82, 2.24) is 0 Å². The first-order chi connectivity index (χ1) is 5.94. The first-order valence-corrected chi connectivity index (χ1v) is 4.93. The van der Waals surface area contributed by atoms with Crippen LogP contribution in [0.25, 0.3) is 0 Å². The van der Waals surface area contributed by atoms with Crippen LogP contribution in [0.15, 0.2) is 12.2 Å². The molecule has 0 bridgehead atoms. The van der Waals surface area contributed by atoms with Gasteiger partial charge in [0.2, 0.25) is 0 Å².